The van der Waals surface area contributed by atoms with Gasteiger partial charge in [0.25, 0.3) is 10.9 Å². The lowest BCUT2D eigenvalue weighted by atomic mass is 10.2. The van der Waals surface area contributed by atoms with E-state index in [1.165, 1.54) is 0 Å². The van der Waals surface area contributed by atoms with E-state index in [9.17, 15) is 9.59 Å². The summed E-state index contributed by atoms with van der Waals surface area (Å²) in [6.45, 7) is 0.299. The summed E-state index contributed by atoms with van der Waals surface area (Å²) in [5, 5.41) is 23.4. The van der Waals surface area contributed by atoms with Crippen LogP contribution in [-0.4, -0.2) is 32.3 Å². The highest BCUT2D eigenvalue weighted by molar-refractivity contribution is 5.61. The predicted octanol–water partition coefficient (Wildman–Crippen LogP) is -2.19. The van der Waals surface area contributed by atoms with Crippen LogP contribution >= 0.6 is 0 Å². The molecule has 2 rings (SSSR count). The molecule has 0 saturated heterocycles. The first-order chi connectivity index (χ1) is 8.11. The van der Waals surface area contributed by atoms with Crippen LogP contribution in [0.2, 0.25) is 0 Å². The van der Waals surface area contributed by atoms with Crippen LogP contribution in [0.4, 0.5) is 5.69 Å². The largest absolute Gasteiger partial charge is 0.502 e. The molecular formula is C8H10N6O3. The van der Waals surface area contributed by atoms with E-state index in [0.717, 1.165) is 5.01 Å². The van der Waals surface area contributed by atoms with Crippen LogP contribution in [0.5, 0.6) is 5.75 Å². The van der Waals surface area contributed by atoms with Gasteiger partial charge in [0.05, 0.1) is 0 Å². The van der Waals surface area contributed by atoms with Gasteiger partial charge in [0.2, 0.25) is 0 Å². The van der Waals surface area contributed by atoms with Gasteiger partial charge in [0.15, 0.2) is 17.3 Å². The molecule has 0 aliphatic heterocycles. The summed E-state index contributed by atoms with van der Waals surface area (Å²) >= 11 is 0. The zero-order chi connectivity index (χ0) is 12.4. The highest BCUT2D eigenvalue weighted by Gasteiger charge is 2.23. The van der Waals surface area contributed by atoms with E-state index >= 15 is 0 Å². The second-order valence-electron chi connectivity index (χ2n) is 3.48. The predicted molar refractivity (Wildman–Crippen MR) is 57.1 cm³/mol. The van der Waals surface area contributed by atoms with E-state index in [4.69, 9.17) is 10.9 Å². The normalized spacial score (nSPS) is 10.9. The quantitative estimate of drug-likeness (QED) is 0.303. The zero-order valence-corrected chi connectivity index (χ0v) is 8.75. The minimum absolute atomic E-state index is 0.136. The minimum atomic E-state index is -0.895. The molecule has 0 amide bonds. The molecule has 0 aliphatic carbocycles. The number of anilines is 1. The molecule has 1 aromatic heterocycles. The maximum Gasteiger partial charge on any atom is 0.271 e. The van der Waals surface area contributed by atoms with Crippen LogP contribution in [0, 0.1) is 0 Å². The van der Waals surface area contributed by atoms with Crippen molar-refractivity contribution in [2.75, 3.05) is 11.6 Å². The van der Waals surface area contributed by atoms with E-state index in [1.54, 1.807) is 0 Å². The number of aromatic hydroxyl groups is 1. The lowest BCUT2D eigenvalue weighted by Gasteiger charge is -2.19. The zero-order valence-electron chi connectivity index (χ0n) is 8.75. The molecule has 1 heterocycles. The summed E-state index contributed by atoms with van der Waals surface area (Å²) in [6, 6.07) is 0. The average molecular weight is 238 g/mol. The van der Waals surface area contributed by atoms with Crippen molar-refractivity contribution in [1.82, 2.24) is 20.6 Å². The number of tetrazole rings is 1. The van der Waals surface area contributed by atoms with Gasteiger partial charge < -0.3 is 10.1 Å². The molecule has 0 fully saturated rings. The molecule has 4 N–H and O–H groups in total. The van der Waals surface area contributed by atoms with Crippen molar-refractivity contribution in [3.63, 3.8) is 0 Å². The fourth-order valence-corrected chi connectivity index (χ4v) is 1.44. The Morgan fingerprint density at radius 3 is 2.71 bits per heavy atom. The number of aryl methyl sites for hydroxylation is 1. The fraction of sp³-hybridized carbons (Fsp3) is 0.375. The van der Waals surface area contributed by atoms with Crippen molar-refractivity contribution in [3.05, 3.63) is 26.3 Å². The Balaban J connectivity index is 1.88. The van der Waals surface area contributed by atoms with Crippen LogP contribution in [0.3, 0.4) is 0 Å². The van der Waals surface area contributed by atoms with Crippen molar-refractivity contribution in [1.29, 1.82) is 0 Å². The van der Waals surface area contributed by atoms with Gasteiger partial charge in [-0.05, 0) is 6.42 Å². The van der Waals surface area contributed by atoms with Crippen molar-refractivity contribution < 1.29 is 5.11 Å². The molecule has 2 aromatic rings. The Labute approximate surface area is 94.5 Å². The molecule has 17 heavy (non-hydrogen) atoms. The fourth-order valence-electron chi connectivity index (χ4n) is 1.44. The third-order valence-corrected chi connectivity index (χ3v) is 2.34. The molecule has 0 unspecified atom stereocenters. The third-order valence-electron chi connectivity index (χ3n) is 2.34. The number of hydrogen-bond acceptors (Lipinski definition) is 8. The number of aromatic nitrogens is 4. The Bertz CT molecular complexity index is 570. The number of H-pyrrole nitrogens is 1. The average Bonchev–Trinajstić information content (AvgIpc) is 2.82. The Morgan fingerprint density at radius 1 is 1.35 bits per heavy atom. The third kappa shape index (κ3) is 1.99. The first kappa shape index (κ1) is 11.2. The summed E-state index contributed by atoms with van der Waals surface area (Å²) in [5.74, 6) is 5.50. The molecule has 0 saturated carbocycles. The molecule has 1 aromatic carbocycles. The standard InChI is InChI=1S/C8H10N6O3/c9-14(5-6(15)8(17)7(5)16)3-1-2-4-10-12-13-11-4/h15H,1-3,9H2,(H,10,11,12,13). The number of hydrazine groups is 1. The number of nitrogens with zero attached hydrogens (tertiary/aromatic N) is 4. The first-order valence-electron chi connectivity index (χ1n) is 4.88. The summed E-state index contributed by atoms with van der Waals surface area (Å²) in [5.41, 5.74) is -1.79. The Morgan fingerprint density at radius 2 is 2.12 bits per heavy atom. The second-order valence-corrected chi connectivity index (χ2v) is 3.48. The molecular weight excluding hydrogens is 228 g/mol. The molecule has 0 spiro atoms. The van der Waals surface area contributed by atoms with E-state index < -0.39 is 16.6 Å². The highest BCUT2D eigenvalue weighted by atomic mass is 16.3. The van der Waals surface area contributed by atoms with Gasteiger partial charge in [-0.2, -0.15) is 5.21 Å². The van der Waals surface area contributed by atoms with Crippen molar-refractivity contribution in [2.45, 2.75) is 12.8 Å². The van der Waals surface area contributed by atoms with Crippen LogP contribution in [0.25, 0.3) is 0 Å². The molecule has 0 radical (unpaired) electrons. The summed E-state index contributed by atoms with van der Waals surface area (Å²) in [6.07, 6.45) is 1.09. The molecule has 90 valence electrons. The maximum absolute atomic E-state index is 11.1. The number of nitrogens with two attached hydrogens (primary N) is 1. The lowest BCUT2D eigenvalue weighted by molar-refractivity contribution is 0.461. The second kappa shape index (κ2) is 4.29. The summed E-state index contributed by atoms with van der Waals surface area (Å²) in [7, 11) is 0. The Kier molecular flexibility index (Phi) is 2.83. The van der Waals surface area contributed by atoms with E-state index in [0.29, 0.717) is 25.2 Å². The van der Waals surface area contributed by atoms with Crippen LogP contribution < -0.4 is 21.7 Å². The van der Waals surface area contributed by atoms with Gasteiger partial charge in [-0.25, -0.2) is 5.84 Å². The molecule has 0 bridgehead atoms. The smallest absolute Gasteiger partial charge is 0.271 e. The van der Waals surface area contributed by atoms with Crippen molar-refractivity contribution in [2.24, 2.45) is 5.84 Å². The first-order valence-corrected chi connectivity index (χ1v) is 4.88. The molecule has 0 aliphatic rings. The number of rotatable bonds is 5. The minimum Gasteiger partial charge on any atom is -0.502 e. The van der Waals surface area contributed by atoms with Crippen LogP contribution in [-0.2, 0) is 6.42 Å². The Hall–Kier alpha value is -2.29. The van der Waals surface area contributed by atoms with Gasteiger partial charge in [0.1, 0.15) is 0 Å². The maximum atomic E-state index is 11.1. The van der Waals surface area contributed by atoms with Gasteiger partial charge in [-0.1, -0.05) is 5.21 Å². The summed E-state index contributed by atoms with van der Waals surface area (Å²) < 4.78 is 0. The van der Waals surface area contributed by atoms with Crippen molar-refractivity contribution in [3.8, 4) is 5.75 Å². The molecule has 0 atom stereocenters. The van der Waals surface area contributed by atoms with E-state index in [-0.39, 0.29) is 5.69 Å². The van der Waals surface area contributed by atoms with Crippen molar-refractivity contribution >= 4 is 5.69 Å². The van der Waals surface area contributed by atoms with E-state index in [2.05, 4.69) is 20.6 Å². The number of hydrogen-bond donors (Lipinski definition) is 3. The summed E-state index contributed by atoms with van der Waals surface area (Å²) in [4.78, 5) is 21.8. The number of nitrogens with one attached hydrogen (secondary N) is 1. The van der Waals surface area contributed by atoms with E-state index in [1.807, 2.05) is 0 Å². The molecule has 9 heteroatoms. The van der Waals surface area contributed by atoms with Gasteiger partial charge in [-0.15, -0.1) is 10.2 Å². The van der Waals surface area contributed by atoms with Crippen LogP contribution in [0.1, 0.15) is 12.2 Å². The van der Waals surface area contributed by atoms with Crippen LogP contribution in [0.15, 0.2) is 9.59 Å². The topological polar surface area (TPSA) is 138 Å². The highest BCUT2D eigenvalue weighted by Crippen LogP contribution is 2.17. The van der Waals surface area contributed by atoms with Gasteiger partial charge in [-0.3, -0.25) is 9.59 Å². The molecule has 9 nitrogen and oxygen atoms in total. The lowest BCUT2D eigenvalue weighted by Crippen LogP contribution is -2.44. The monoisotopic (exact) mass is 238 g/mol. The van der Waals surface area contributed by atoms with Gasteiger partial charge in [0, 0.05) is 13.0 Å². The van der Waals surface area contributed by atoms with Gasteiger partial charge >= 0.3 is 0 Å². The SMILES string of the molecule is NN(CCCc1nn[nH]n1)c1c(O)c(=O)c1=O. The number of aromatic amines is 1.